The lowest BCUT2D eigenvalue weighted by atomic mass is 9.86. The summed E-state index contributed by atoms with van der Waals surface area (Å²) in [6, 6.07) is 0.683. The number of rotatable bonds is 9. The van der Waals surface area contributed by atoms with E-state index in [9.17, 15) is 35.9 Å². The predicted octanol–water partition coefficient (Wildman–Crippen LogP) is 4.91. The van der Waals surface area contributed by atoms with Gasteiger partial charge in [0, 0.05) is 17.6 Å². The first-order chi connectivity index (χ1) is 15.8. The molecule has 0 aromatic heterocycles. The minimum atomic E-state index is -5.01. The second-order valence-corrected chi connectivity index (χ2v) is 8.70. The van der Waals surface area contributed by atoms with E-state index in [2.05, 4.69) is 16.0 Å². The molecule has 1 aromatic carbocycles. The van der Waals surface area contributed by atoms with Crippen LogP contribution in [0.15, 0.2) is 18.2 Å². The van der Waals surface area contributed by atoms with Gasteiger partial charge in [-0.3, -0.25) is 9.59 Å². The molecule has 2 amide bonds. The van der Waals surface area contributed by atoms with Crippen LogP contribution in [0.3, 0.4) is 0 Å². The van der Waals surface area contributed by atoms with Gasteiger partial charge in [0.15, 0.2) is 0 Å². The molecule has 1 saturated carbocycles. The summed E-state index contributed by atoms with van der Waals surface area (Å²) in [7, 11) is 0. The molecular weight excluding hydrogens is 464 g/mol. The number of hydrogen-bond acceptors (Lipinski definition) is 3. The van der Waals surface area contributed by atoms with Crippen molar-refractivity contribution in [2.45, 2.75) is 76.8 Å². The van der Waals surface area contributed by atoms with Crippen molar-refractivity contribution in [3.05, 3.63) is 34.9 Å². The first kappa shape index (κ1) is 27.9. The zero-order valence-electron chi connectivity index (χ0n) is 19.2. The summed E-state index contributed by atoms with van der Waals surface area (Å²) in [6.45, 7) is 4.81. The fraction of sp³-hybridized carbons (Fsp3) is 0.652. The van der Waals surface area contributed by atoms with Crippen molar-refractivity contribution in [2.24, 2.45) is 5.92 Å². The van der Waals surface area contributed by atoms with Gasteiger partial charge in [0.25, 0.3) is 5.91 Å². The first-order valence-electron chi connectivity index (χ1n) is 11.4. The highest BCUT2D eigenvalue weighted by atomic mass is 19.4. The number of amides is 2. The van der Waals surface area contributed by atoms with E-state index in [1.54, 1.807) is 0 Å². The van der Waals surface area contributed by atoms with Gasteiger partial charge < -0.3 is 16.0 Å². The molecule has 0 unspecified atom stereocenters. The third-order valence-electron chi connectivity index (χ3n) is 6.10. The van der Waals surface area contributed by atoms with Crippen LogP contribution in [0.4, 0.5) is 26.3 Å². The number of carbonyl (C=O) groups is 2. The molecule has 2 rings (SSSR count). The average molecular weight is 496 g/mol. The quantitative estimate of drug-likeness (QED) is 0.427. The third kappa shape index (κ3) is 8.48. The smallest absolute Gasteiger partial charge is 0.352 e. The van der Waals surface area contributed by atoms with Crippen LogP contribution in [0.1, 0.15) is 73.9 Å². The van der Waals surface area contributed by atoms with E-state index in [0.717, 1.165) is 12.8 Å². The molecule has 34 heavy (non-hydrogen) atoms. The highest BCUT2D eigenvalue weighted by Crippen LogP contribution is 2.36. The van der Waals surface area contributed by atoms with Gasteiger partial charge in [-0.1, -0.05) is 13.8 Å². The number of benzene rings is 1. The van der Waals surface area contributed by atoms with E-state index in [4.69, 9.17) is 0 Å². The molecule has 1 aromatic rings. The van der Waals surface area contributed by atoms with Crippen molar-refractivity contribution >= 4 is 11.8 Å². The number of nitrogens with one attached hydrogen (secondary N) is 3. The van der Waals surface area contributed by atoms with Crippen LogP contribution in [-0.4, -0.2) is 37.0 Å². The summed E-state index contributed by atoms with van der Waals surface area (Å²) >= 11 is 0. The van der Waals surface area contributed by atoms with Crippen LogP contribution in [0.2, 0.25) is 0 Å². The lowest BCUT2D eigenvalue weighted by Crippen LogP contribution is -2.42. The van der Waals surface area contributed by atoms with Gasteiger partial charge in [-0.15, -0.1) is 0 Å². The molecule has 0 saturated heterocycles. The van der Waals surface area contributed by atoms with E-state index in [1.165, 1.54) is 0 Å². The van der Waals surface area contributed by atoms with Crippen LogP contribution in [0, 0.1) is 5.92 Å². The maximum Gasteiger partial charge on any atom is 0.416 e. The molecule has 0 heterocycles. The summed E-state index contributed by atoms with van der Waals surface area (Å²) in [5.74, 6) is -0.773. The van der Waals surface area contributed by atoms with Crippen molar-refractivity contribution in [3.63, 3.8) is 0 Å². The van der Waals surface area contributed by atoms with Crippen molar-refractivity contribution < 1.29 is 35.9 Å². The highest BCUT2D eigenvalue weighted by molar-refractivity contribution is 5.94. The molecule has 0 radical (unpaired) electrons. The zero-order valence-corrected chi connectivity index (χ0v) is 19.2. The first-order valence-corrected chi connectivity index (χ1v) is 11.4. The average Bonchev–Trinajstić information content (AvgIpc) is 2.77. The normalized spacial score (nSPS) is 19.2. The molecular formula is C23H31F6N3O2. The number of halogens is 6. The van der Waals surface area contributed by atoms with E-state index >= 15 is 0 Å². The van der Waals surface area contributed by atoms with E-state index in [-0.39, 0.29) is 36.5 Å². The van der Waals surface area contributed by atoms with Crippen LogP contribution in [0.25, 0.3) is 0 Å². The molecule has 11 heteroatoms. The van der Waals surface area contributed by atoms with Gasteiger partial charge in [0.2, 0.25) is 5.91 Å². The standard InChI is InChI=1S/C23H31F6N3O2/c1-3-18(4-2)31-20(33)13-30-12-14-5-7-19(8-6-14)32-21(34)15-9-16(22(24,25)26)11-17(10-15)23(27,28)29/h9-11,14,18-19,30H,3-8,12-13H2,1-2H3,(H,31,33)(H,32,34). The highest BCUT2D eigenvalue weighted by Gasteiger charge is 2.37. The molecule has 1 aliphatic carbocycles. The largest absolute Gasteiger partial charge is 0.416 e. The Kier molecular flexibility index (Phi) is 9.78. The summed E-state index contributed by atoms with van der Waals surface area (Å²) in [4.78, 5) is 24.4. The summed E-state index contributed by atoms with van der Waals surface area (Å²) in [5, 5.41) is 8.62. The minimum absolute atomic E-state index is 0.0000958. The van der Waals surface area contributed by atoms with Crippen molar-refractivity contribution in [2.75, 3.05) is 13.1 Å². The Morgan fingerprint density at radius 2 is 1.44 bits per heavy atom. The van der Waals surface area contributed by atoms with Crippen LogP contribution in [-0.2, 0) is 17.1 Å². The molecule has 1 fully saturated rings. The van der Waals surface area contributed by atoms with Crippen molar-refractivity contribution in [1.82, 2.24) is 16.0 Å². The Labute approximate surface area is 195 Å². The van der Waals surface area contributed by atoms with E-state index in [0.29, 0.717) is 44.4 Å². The lowest BCUT2D eigenvalue weighted by molar-refractivity contribution is -0.143. The monoisotopic (exact) mass is 495 g/mol. The van der Waals surface area contributed by atoms with Gasteiger partial charge in [-0.05, 0) is 69.2 Å². The Morgan fingerprint density at radius 1 is 0.912 bits per heavy atom. The van der Waals surface area contributed by atoms with Crippen molar-refractivity contribution in [1.29, 1.82) is 0 Å². The number of hydrogen-bond donors (Lipinski definition) is 3. The summed E-state index contributed by atoms with van der Waals surface area (Å²) in [6.07, 6.45) is -5.79. The summed E-state index contributed by atoms with van der Waals surface area (Å²) < 4.78 is 78.1. The Bertz CT molecular complexity index is 797. The van der Waals surface area contributed by atoms with Crippen LogP contribution in [0.5, 0.6) is 0 Å². The van der Waals surface area contributed by atoms with Gasteiger partial charge >= 0.3 is 12.4 Å². The Morgan fingerprint density at radius 3 is 1.91 bits per heavy atom. The lowest BCUT2D eigenvalue weighted by Gasteiger charge is -2.29. The van der Waals surface area contributed by atoms with Crippen LogP contribution >= 0.6 is 0 Å². The Hall–Kier alpha value is -2.30. The molecule has 5 nitrogen and oxygen atoms in total. The minimum Gasteiger partial charge on any atom is -0.352 e. The maximum atomic E-state index is 13.0. The Balaban J connectivity index is 1.86. The molecule has 0 atom stereocenters. The SMILES string of the molecule is CCC(CC)NC(=O)CNCC1CCC(NC(=O)c2cc(C(F)(F)F)cc(C(F)(F)F)c2)CC1. The molecule has 1 aliphatic rings. The van der Waals surface area contributed by atoms with Gasteiger partial charge in [0.05, 0.1) is 17.7 Å². The molecule has 0 spiro atoms. The summed E-state index contributed by atoms with van der Waals surface area (Å²) in [5.41, 5.74) is -3.71. The maximum absolute atomic E-state index is 13.0. The molecule has 0 aliphatic heterocycles. The molecule has 3 N–H and O–H groups in total. The zero-order chi connectivity index (χ0) is 25.5. The van der Waals surface area contributed by atoms with Gasteiger partial charge in [-0.25, -0.2) is 0 Å². The predicted molar refractivity (Wildman–Crippen MR) is 115 cm³/mol. The third-order valence-corrected chi connectivity index (χ3v) is 6.10. The number of alkyl halides is 6. The van der Waals surface area contributed by atoms with Crippen LogP contribution < -0.4 is 16.0 Å². The fourth-order valence-corrected chi connectivity index (χ4v) is 4.03. The van der Waals surface area contributed by atoms with Gasteiger partial charge in [0.1, 0.15) is 0 Å². The van der Waals surface area contributed by atoms with Gasteiger partial charge in [-0.2, -0.15) is 26.3 Å². The second kappa shape index (κ2) is 11.9. The fourth-order valence-electron chi connectivity index (χ4n) is 4.03. The number of carbonyl (C=O) groups excluding carboxylic acids is 2. The molecule has 192 valence electrons. The van der Waals surface area contributed by atoms with E-state index < -0.39 is 35.0 Å². The van der Waals surface area contributed by atoms with Crippen molar-refractivity contribution in [3.8, 4) is 0 Å². The van der Waals surface area contributed by atoms with E-state index in [1.807, 2.05) is 13.8 Å². The second-order valence-electron chi connectivity index (χ2n) is 8.70. The topological polar surface area (TPSA) is 70.2 Å². The molecule has 0 bridgehead atoms.